The lowest BCUT2D eigenvalue weighted by Crippen LogP contribution is -2.40. The van der Waals surface area contributed by atoms with E-state index in [4.69, 9.17) is 4.74 Å². The Morgan fingerprint density at radius 2 is 1.76 bits per heavy atom. The van der Waals surface area contributed by atoms with Crippen molar-refractivity contribution < 1.29 is 23.9 Å². The minimum Gasteiger partial charge on any atom is -0.454 e. The number of hydrogen-bond donors (Lipinski definition) is 1. The van der Waals surface area contributed by atoms with Gasteiger partial charge in [0, 0.05) is 22.8 Å². The summed E-state index contributed by atoms with van der Waals surface area (Å²) < 4.78 is 5.23. The molecule has 0 saturated carbocycles. The number of thioether (sulfide) groups is 1. The molecule has 2 amide bonds. The van der Waals surface area contributed by atoms with Gasteiger partial charge in [0.2, 0.25) is 11.8 Å². The molecule has 174 valence electrons. The Morgan fingerprint density at radius 1 is 1.09 bits per heavy atom. The van der Waals surface area contributed by atoms with Crippen molar-refractivity contribution in [1.82, 2.24) is 0 Å². The second-order valence-electron chi connectivity index (χ2n) is 8.92. The number of carbonyl (C=O) groups is 4. The number of para-hydroxylation sites is 2. The minimum absolute atomic E-state index is 0.0675. The average molecular weight is 469 g/mol. The van der Waals surface area contributed by atoms with E-state index in [1.807, 2.05) is 13.0 Å². The van der Waals surface area contributed by atoms with Gasteiger partial charge in [0.1, 0.15) is 0 Å². The molecule has 0 bridgehead atoms. The standard InChI is InChI=1S/C25H28N2O5S/c1-16-13-22(29)26-18-10-6-7-11-19(18)27(16)23(30)15-33-20-12-8-5-9-17(20)24(31)32-14-21(28)25(2,3)4/h5-12,16H,13-15H2,1-4H3,(H,26,29)/t16-/m0/s1. The summed E-state index contributed by atoms with van der Waals surface area (Å²) in [5, 5.41) is 2.84. The predicted octanol–water partition coefficient (Wildman–Crippen LogP) is 4.31. The fraction of sp³-hybridized carbons (Fsp3) is 0.360. The van der Waals surface area contributed by atoms with Crippen LogP contribution in [0.3, 0.4) is 0 Å². The number of hydrogen-bond acceptors (Lipinski definition) is 6. The zero-order valence-corrected chi connectivity index (χ0v) is 20.0. The lowest BCUT2D eigenvalue weighted by Gasteiger charge is -2.27. The molecule has 1 aliphatic heterocycles. The van der Waals surface area contributed by atoms with E-state index in [0.717, 1.165) is 0 Å². The van der Waals surface area contributed by atoms with Gasteiger partial charge in [0.25, 0.3) is 0 Å². The number of fused-ring (bicyclic) bond motifs is 1. The van der Waals surface area contributed by atoms with E-state index in [9.17, 15) is 19.2 Å². The van der Waals surface area contributed by atoms with Crippen molar-refractivity contribution in [2.75, 3.05) is 22.6 Å². The van der Waals surface area contributed by atoms with Gasteiger partial charge in [0.05, 0.1) is 22.7 Å². The van der Waals surface area contributed by atoms with Crippen molar-refractivity contribution >= 4 is 46.7 Å². The van der Waals surface area contributed by atoms with Crippen molar-refractivity contribution in [2.45, 2.75) is 45.1 Å². The summed E-state index contributed by atoms with van der Waals surface area (Å²) in [6, 6.07) is 13.7. The second kappa shape index (κ2) is 10.2. The Labute approximate surface area is 197 Å². The summed E-state index contributed by atoms with van der Waals surface area (Å²) in [5.41, 5.74) is 0.947. The van der Waals surface area contributed by atoms with E-state index in [-0.39, 0.29) is 42.4 Å². The number of amides is 2. The Hall–Kier alpha value is -3.13. The van der Waals surface area contributed by atoms with Gasteiger partial charge >= 0.3 is 5.97 Å². The molecule has 1 N–H and O–H groups in total. The number of benzene rings is 2. The van der Waals surface area contributed by atoms with Gasteiger partial charge in [-0.15, -0.1) is 11.8 Å². The molecular weight excluding hydrogens is 440 g/mol. The van der Waals surface area contributed by atoms with Crippen molar-refractivity contribution in [3.63, 3.8) is 0 Å². The molecule has 0 unspecified atom stereocenters. The Morgan fingerprint density at radius 3 is 2.48 bits per heavy atom. The molecule has 0 spiro atoms. The first-order valence-corrected chi connectivity index (χ1v) is 11.7. The molecule has 1 heterocycles. The zero-order valence-electron chi connectivity index (χ0n) is 19.2. The van der Waals surface area contributed by atoms with Crippen LogP contribution in [0, 0.1) is 5.41 Å². The van der Waals surface area contributed by atoms with Gasteiger partial charge in [-0.05, 0) is 31.2 Å². The molecule has 0 saturated heterocycles. The minimum atomic E-state index is -0.605. The third kappa shape index (κ3) is 6.01. The zero-order chi connectivity index (χ0) is 24.2. The molecule has 1 aliphatic rings. The number of nitrogens with zero attached hydrogens (tertiary/aromatic N) is 1. The summed E-state index contributed by atoms with van der Waals surface area (Å²) in [6.45, 7) is 6.84. The van der Waals surface area contributed by atoms with Gasteiger partial charge in [-0.2, -0.15) is 0 Å². The van der Waals surface area contributed by atoms with Crippen LogP contribution in [0.25, 0.3) is 0 Å². The molecule has 2 aromatic carbocycles. The topological polar surface area (TPSA) is 92.8 Å². The van der Waals surface area contributed by atoms with Crippen molar-refractivity contribution in [1.29, 1.82) is 0 Å². The van der Waals surface area contributed by atoms with Crippen LogP contribution in [0.4, 0.5) is 11.4 Å². The molecule has 1 atom stereocenters. The Balaban J connectivity index is 1.73. The number of rotatable bonds is 6. The number of anilines is 2. The fourth-order valence-corrected chi connectivity index (χ4v) is 4.26. The molecule has 0 aliphatic carbocycles. The van der Waals surface area contributed by atoms with E-state index in [0.29, 0.717) is 21.8 Å². The van der Waals surface area contributed by atoms with E-state index in [1.165, 1.54) is 11.8 Å². The molecular formula is C25H28N2O5S. The normalized spacial score (nSPS) is 15.8. The highest BCUT2D eigenvalue weighted by Gasteiger charge is 2.30. The molecule has 0 radical (unpaired) electrons. The van der Waals surface area contributed by atoms with Crippen LogP contribution in [-0.2, 0) is 19.1 Å². The SMILES string of the molecule is C[C@H]1CC(=O)Nc2ccccc2N1C(=O)CSc1ccccc1C(=O)OCC(=O)C(C)(C)C. The fourth-order valence-electron chi connectivity index (χ4n) is 3.36. The largest absolute Gasteiger partial charge is 0.454 e. The summed E-state index contributed by atoms with van der Waals surface area (Å²) in [7, 11) is 0. The predicted molar refractivity (Wildman–Crippen MR) is 129 cm³/mol. The van der Waals surface area contributed by atoms with Crippen LogP contribution < -0.4 is 10.2 Å². The lowest BCUT2D eigenvalue weighted by atomic mass is 9.91. The second-order valence-corrected chi connectivity index (χ2v) is 9.93. The number of ether oxygens (including phenoxy) is 1. The Bertz CT molecular complexity index is 1080. The number of esters is 1. The van der Waals surface area contributed by atoms with Gasteiger partial charge in [-0.1, -0.05) is 45.0 Å². The van der Waals surface area contributed by atoms with Gasteiger partial charge in [0.15, 0.2) is 12.4 Å². The maximum atomic E-state index is 13.2. The van der Waals surface area contributed by atoms with Crippen molar-refractivity contribution in [2.24, 2.45) is 5.41 Å². The highest BCUT2D eigenvalue weighted by Crippen LogP contribution is 2.33. The first kappa shape index (κ1) is 24.5. The molecule has 7 nitrogen and oxygen atoms in total. The highest BCUT2D eigenvalue weighted by molar-refractivity contribution is 8.00. The maximum absolute atomic E-state index is 13.2. The average Bonchev–Trinajstić information content (AvgIpc) is 2.89. The van der Waals surface area contributed by atoms with Crippen molar-refractivity contribution in [3.05, 3.63) is 54.1 Å². The molecule has 0 fully saturated rings. The number of Topliss-reactive ketones (excluding diaryl/α,β-unsaturated/α-hetero) is 1. The van der Waals surface area contributed by atoms with Crippen LogP contribution >= 0.6 is 11.8 Å². The van der Waals surface area contributed by atoms with E-state index in [2.05, 4.69) is 5.32 Å². The van der Waals surface area contributed by atoms with Gasteiger partial charge < -0.3 is 15.0 Å². The molecule has 8 heteroatoms. The molecule has 0 aromatic heterocycles. The van der Waals surface area contributed by atoms with E-state index >= 15 is 0 Å². The maximum Gasteiger partial charge on any atom is 0.339 e. The quantitative estimate of drug-likeness (QED) is 0.502. The number of ketones is 1. The molecule has 2 aromatic rings. The van der Waals surface area contributed by atoms with Crippen LogP contribution in [0.2, 0.25) is 0 Å². The number of carbonyl (C=O) groups excluding carboxylic acids is 4. The van der Waals surface area contributed by atoms with Crippen molar-refractivity contribution in [3.8, 4) is 0 Å². The van der Waals surface area contributed by atoms with E-state index in [1.54, 1.807) is 68.1 Å². The smallest absolute Gasteiger partial charge is 0.339 e. The first-order chi connectivity index (χ1) is 15.6. The third-order valence-electron chi connectivity index (χ3n) is 5.26. The lowest BCUT2D eigenvalue weighted by molar-refractivity contribution is -0.129. The monoisotopic (exact) mass is 468 g/mol. The van der Waals surface area contributed by atoms with Gasteiger partial charge in [-0.25, -0.2) is 4.79 Å². The number of nitrogens with one attached hydrogen (secondary N) is 1. The van der Waals surface area contributed by atoms with Crippen LogP contribution in [0.1, 0.15) is 44.5 Å². The van der Waals surface area contributed by atoms with Crippen LogP contribution in [0.5, 0.6) is 0 Å². The third-order valence-corrected chi connectivity index (χ3v) is 6.32. The summed E-state index contributed by atoms with van der Waals surface area (Å²) in [5.74, 6) is -1.03. The highest BCUT2D eigenvalue weighted by atomic mass is 32.2. The van der Waals surface area contributed by atoms with Crippen LogP contribution in [0.15, 0.2) is 53.4 Å². The van der Waals surface area contributed by atoms with Crippen LogP contribution in [-0.4, -0.2) is 42.0 Å². The Kier molecular flexibility index (Phi) is 7.58. The van der Waals surface area contributed by atoms with E-state index < -0.39 is 11.4 Å². The molecule has 33 heavy (non-hydrogen) atoms. The molecule has 3 rings (SSSR count). The van der Waals surface area contributed by atoms with Gasteiger partial charge in [-0.3, -0.25) is 14.4 Å². The first-order valence-electron chi connectivity index (χ1n) is 10.7. The summed E-state index contributed by atoms with van der Waals surface area (Å²) in [6.07, 6.45) is 0.190. The summed E-state index contributed by atoms with van der Waals surface area (Å²) >= 11 is 1.22. The summed E-state index contributed by atoms with van der Waals surface area (Å²) in [4.78, 5) is 52.3.